The van der Waals surface area contributed by atoms with Gasteiger partial charge in [-0.05, 0) is 25.0 Å². The van der Waals surface area contributed by atoms with Crippen molar-refractivity contribution in [2.45, 2.75) is 25.5 Å². The molecule has 116 valence electrons. The standard InChI is InChI=1S/C17H20N2O3/c1-13(14-7-6-10-16(11-14)19(21)22)18-12-17(2,20)15-8-4-3-5-9-15/h3-11,13,18,20H,12H2,1-2H3. The van der Waals surface area contributed by atoms with Crippen LogP contribution in [0.25, 0.3) is 0 Å². The van der Waals surface area contributed by atoms with Gasteiger partial charge < -0.3 is 10.4 Å². The third-order valence-corrected chi connectivity index (χ3v) is 3.73. The Kier molecular flexibility index (Phi) is 4.90. The fourth-order valence-electron chi connectivity index (χ4n) is 2.28. The van der Waals surface area contributed by atoms with Gasteiger partial charge in [-0.25, -0.2) is 0 Å². The first-order valence-electron chi connectivity index (χ1n) is 7.16. The van der Waals surface area contributed by atoms with Crippen molar-refractivity contribution in [2.24, 2.45) is 0 Å². The SMILES string of the molecule is CC(NCC(C)(O)c1ccccc1)c1cccc([N+](=O)[O-])c1. The van der Waals surface area contributed by atoms with E-state index in [1.165, 1.54) is 6.07 Å². The highest BCUT2D eigenvalue weighted by molar-refractivity contribution is 5.35. The normalized spacial score (nSPS) is 15.0. The monoisotopic (exact) mass is 300 g/mol. The van der Waals surface area contributed by atoms with E-state index in [9.17, 15) is 15.2 Å². The fourth-order valence-corrected chi connectivity index (χ4v) is 2.28. The first kappa shape index (κ1) is 16.1. The van der Waals surface area contributed by atoms with E-state index in [1.54, 1.807) is 19.1 Å². The molecule has 5 nitrogen and oxygen atoms in total. The molecule has 0 saturated heterocycles. The highest BCUT2D eigenvalue weighted by Crippen LogP contribution is 2.22. The van der Waals surface area contributed by atoms with Crippen LogP contribution in [0.15, 0.2) is 54.6 Å². The average Bonchev–Trinajstić information content (AvgIpc) is 2.53. The Morgan fingerprint density at radius 3 is 2.55 bits per heavy atom. The molecule has 0 amide bonds. The zero-order valence-electron chi connectivity index (χ0n) is 12.7. The summed E-state index contributed by atoms with van der Waals surface area (Å²) in [4.78, 5) is 10.4. The lowest BCUT2D eigenvalue weighted by Crippen LogP contribution is -2.36. The van der Waals surface area contributed by atoms with Crippen molar-refractivity contribution in [2.75, 3.05) is 6.54 Å². The lowest BCUT2D eigenvalue weighted by Gasteiger charge is -2.26. The lowest BCUT2D eigenvalue weighted by atomic mass is 9.95. The van der Waals surface area contributed by atoms with Crippen LogP contribution in [0.5, 0.6) is 0 Å². The highest BCUT2D eigenvalue weighted by atomic mass is 16.6. The van der Waals surface area contributed by atoms with E-state index >= 15 is 0 Å². The van der Waals surface area contributed by atoms with Gasteiger partial charge >= 0.3 is 0 Å². The summed E-state index contributed by atoms with van der Waals surface area (Å²) in [6, 6.07) is 15.8. The molecule has 0 aliphatic rings. The molecule has 0 heterocycles. The van der Waals surface area contributed by atoms with Crippen molar-refractivity contribution in [3.05, 3.63) is 75.8 Å². The number of hydrogen-bond donors (Lipinski definition) is 2. The summed E-state index contributed by atoms with van der Waals surface area (Å²) in [5.41, 5.74) is 0.712. The molecule has 5 heteroatoms. The molecule has 2 unspecified atom stereocenters. The number of hydrogen-bond acceptors (Lipinski definition) is 4. The van der Waals surface area contributed by atoms with Crippen LogP contribution >= 0.6 is 0 Å². The van der Waals surface area contributed by atoms with Crippen molar-refractivity contribution < 1.29 is 10.0 Å². The summed E-state index contributed by atoms with van der Waals surface area (Å²) < 4.78 is 0. The molecule has 0 saturated carbocycles. The number of nitro benzene ring substituents is 1. The van der Waals surface area contributed by atoms with Crippen molar-refractivity contribution in [1.29, 1.82) is 0 Å². The minimum Gasteiger partial charge on any atom is -0.384 e. The molecule has 0 aliphatic carbocycles. The van der Waals surface area contributed by atoms with Crippen LogP contribution in [-0.4, -0.2) is 16.6 Å². The van der Waals surface area contributed by atoms with Crippen LogP contribution in [0.4, 0.5) is 5.69 Å². The van der Waals surface area contributed by atoms with Crippen LogP contribution in [0.2, 0.25) is 0 Å². The highest BCUT2D eigenvalue weighted by Gasteiger charge is 2.23. The number of rotatable bonds is 6. The second kappa shape index (κ2) is 6.68. The smallest absolute Gasteiger partial charge is 0.269 e. The van der Waals surface area contributed by atoms with Crippen molar-refractivity contribution in [3.8, 4) is 0 Å². The van der Waals surface area contributed by atoms with Gasteiger partial charge in [-0.1, -0.05) is 42.5 Å². The number of aliphatic hydroxyl groups is 1. The van der Waals surface area contributed by atoms with Crippen LogP contribution in [0, 0.1) is 10.1 Å². The van der Waals surface area contributed by atoms with Gasteiger partial charge in [0.25, 0.3) is 5.69 Å². The number of benzene rings is 2. The molecule has 0 aromatic heterocycles. The maximum absolute atomic E-state index is 10.8. The summed E-state index contributed by atoms with van der Waals surface area (Å²) in [7, 11) is 0. The quantitative estimate of drug-likeness (QED) is 0.634. The molecule has 2 N–H and O–H groups in total. The predicted molar refractivity (Wildman–Crippen MR) is 85.5 cm³/mol. The van der Waals surface area contributed by atoms with Gasteiger partial charge in [0.05, 0.1) is 10.5 Å². The number of nitrogens with one attached hydrogen (secondary N) is 1. The molecular weight excluding hydrogens is 280 g/mol. The summed E-state index contributed by atoms with van der Waals surface area (Å²) in [6.45, 7) is 4.01. The predicted octanol–water partition coefficient (Wildman–Crippen LogP) is 3.15. The largest absolute Gasteiger partial charge is 0.384 e. The summed E-state index contributed by atoms with van der Waals surface area (Å²) in [5, 5.41) is 24.6. The molecular formula is C17H20N2O3. The van der Waals surface area contributed by atoms with Crippen molar-refractivity contribution >= 4 is 5.69 Å². The first-order valence-corrected chi connectivity index (χ1v) is 7.16. The number of nitro groups is 1. The molecule has 2 aromatic carbocycles. The molecule has 0 bridgehead atoms. The van der Waals surface area contributed by atoms with E-state index in [-0.39, 0.29) is 11.7 Å². The average molecular weight is 300 g/mol. The van der Waals surface area contributed by atoms with Gasteiger partial charge in [0.1, 0.15) is 0 Å². The second-order valence-electron chi connectivity index (χ2n) is 5.59. The Morgan fingerprint density at radius 1 is 1.23 bits per heavy atom. The lowest BCUT2D eigenvalue weighted by molar-refractivity contribution is -0.384. The fraction of sp³-hybridized carbons (Fsp3) is 0.294. The summed E-state index contributed by atoms with van der Waals surface area (Å²) >= 11 is 0. The molecule has 2 aromatic rings. The Balaban J connectivity index is 2.05. The maximum atomic E-state index is 10.8. The minimum absolute atomic E-state index is 0.0703. The van der Waals surface area contributed by atoms with Gasteiger partial charge in [0, 0.05) is 24.7 Å². The van der Waals surface area contributed by atoms with Crippen LogP contribution in [0.1, 0.15) is 31.0 Å². The molecule has 0 fully saturated rings. The third-order valence-electron chi connectivity index (χ3n) is 3.73. The molecule has 0 spiro atoms. The van der Waals surface area contributed by atoms with E-state index in [2.05, 4.69) is 5.32 Å². The van der Waals surface area contributed by atoms with Gasteiger partial charge in [-0.3, -0.25) is 10.1 Å². The van der Waals surface area contributed by atoms with Gasteiger partial charge in [0.2, 0.25) is 0 Å². The van der Waals surface area contributed by atoms with E-state index in [1.807, 2.05) is 43.3 Å². The van der Waals surface area contributed by atoms with Crippen LogP contribution in [0.3, 0.4) is 0 Å². The maximum Gasteiger partial charge on any atom is 0.269 e. The molecule has 2 atom stereocenters. The molecule has 2 rings (SSSR count). The zero-order chi connectivity index (χ0) is 16.2. The Morgan fingerprint density at radius 2 is 1.91 bits per heavy atom. The topological polar surface area (TPSA) is 75.4 Å². The van der Waals surface area contributed by atoms with Gasteiger partial charge in [-0.2, -0.15) is 0 Å². The Labute approximate surface area is 129 Å². The van der Waals surface area contributed by atoms with Crippen LogP contribution < -0.4 is 5.32 Å². The van der Waals surface area contributed by atoms with Crippen molar-refractivity contribution in [1.82, 2.24) is 5.32 Å². The first-order chi connectivity index (χ1) is 10.4. The van der Waals surface area contributed by atoms with Crippen LogP contribution in [-0.2, 0) is 5.60 Å². The second-order valence-corrected chi connectivity index (χ2v) is 5.59. The molecule has 22 heavy (non-hydrogen) atoms. The number of nitrogens with zero attached hydrogens (tertiary/aromatic N) is 1. The minimum atomic E-state index is -1.00. The number of non-ortho nitro benzene ring substituents is 1. The third kappa shape index (κ3) is 3.90. The van der Waals surface area contributed by atoms with Crippen molar-refractivity contribution in [3.63, 3.8) is 0 Å². The summed E-state index contributed by atoms with van der Waals surface area (Å²) in [6.07, 6.45) is 0. The summed E-state index contributed by atoms with van der Waals surface area (Å²) in [5.74, 6) is 0. The van der Waals surface area contributed by atoms with Gasteiger partial charge in [0.15, 0.2) is 0 Å². The molecule has 0 aliphatic heterocycles. The van der Waals surface area contributed by atoms with Gasteiger partial charge in [-0.15, -0.1) is 0 Å². The zero-order valence-corrected chi connectivity index (χ0v) is 12.7. The Hall–Kier alpha value is -2.24. The Bertz CT molecular complexity index is 641. The van der Waals surface area contributed by atoms with E-state index in [0.717, 1.165) is 11.1 Å². The van der Waals surface area contributed by atoms with E-state index in [0.29, 0.717) is 6.54 Å². The van der Waals surface area contributed by atoms with E-state index in [4.69, 9.17) is 0 Å². The van der Waals surface area contributed by atoms with E-state index < -0.39 is 10.5 Å². The molecule has 0 radical (unpaired) electrons.